The van der Waals surface area contributed by atoms with E-state index < -0.39 is 0 Å². The molecule has 1 N–H and O–H groups in total. The largest absolute Gasteiger partial charge is 0.342 e. The predicted molar refractivity (Wildman–Crippen MR) is 100 cm³/mol. The summed E-state index contributed by atoms with van der Waals surface area (Å²) < 4.78 is 0. The average Bonchev–Trinajstić information content (AvgIpc) is 3.26. The second-order valence-corrected chi connectivity index (χ2v) is 8.80. The van der Waals surface area contributed by atoms with Crippen LogP contribution in [0.15, 0.2) is 12.4 Å². The normalized spacial score (nSPS) is 26.4. The van der Waals surface area contributed by atoms with Crippen LogP contribution in [0, 0.1) is 23.2 Å². The first-order valence-electron chi connectivity index (χ1n) is 9.85. The number of aromatic nitrogens is 2. The van der Waals surface area contributed by atoms with Crippen molar-refractivity contribution in [2.45, 2.75) is 47.0 Å². The summed E-state index contributed by atoms with van der Waals surface area (Å²) in [6.45, 7) is 11.9. The van der Waals surface area contributed by atoms with Crippen LogP contribution in [-0.2, 0) is 16.0 Å². The summed E-state index contributed by atoms with van der Waals surface area (Å²) in [6, 6.07) is 0. The van der Waals surface area contributed by atoms with Crippen molar-refractivity contribution in [2.75, 3.05) is 26.2 Å². The Balaban J connectivity index is 1.56. The Kier molecular flexibility index (Phi) is 5.39. The van der Waals surface area contributed by atoms with Crippen molar-refractivity contribution in [3.05, 3.63) is 18.0 Å². The maximum Gasteiger partial charge on any atom is 0.227 e. The fourth-order valence-electron chi connectivity index (χ4n) is 4.59. The van der Waals surface area contributed by atoms with Crippen LogP contribution in [0.25, 0.3) is 0 Å². The first kappa shape index (κ1) is 18.9. The standard InChI is InChI=1S/C20H32N4O2/c1-5-16(14(2)3)7-19(26)24-11-17-10-23(12-20(17,4)13-24)18(25)6-15-8-21-22-9-15/h8-9,14,16-17H,5-7,10-13H2,1-4H3,(H,21,22)/t16-,17+,20-/m1/s1. The van der Waals surface area contributed by atoms with E-state index in [1.54, 1.807) is 12.4 Å². The number of aromatic amines is 1. The quantitative estimate of drug-likeness (QED) is 0.846. The molecule has 144 valence electrons. The van der Waals surface area contributed by atoms with Gasteiger partial charge in [0.05, 0.1) is 12.6 Å². The molecule has 0 bridgehead atoms. The Morgan fingerprint density at radius 2 is 1.92 bits per heavy atom. The lowest BCUT2D eigenvalue weighted by Crippen LogP contribution is -2.38. The minimum atomic E-state index is 0.0290. The first-order valence-corrected chi connectivity index (χ1v) is 9.85. The van der Waals surface area contributed by atoms with Gasteiger partial charge in [-0.1, -0.05) is 34.1 Å². The monoisotopic (exact) mass is 360 g/mol. The van der Waals surface area contributed by atoms with Crippen molar-refractivity contribution in [1.29, 1.82) is 0 Å². The molecule has 1 aromatic rings. The zero-order valence-corrected chi connectivity index (χ0v) is 16.5. The Morgan fingerprint density at radius 3 is 2.42 bits per heavy atom. The van der Waals surface area contributed by atoms with Crippen molar-refractivity contribution in [3.63, 3.8) is 0 Å². The molecule has 2 fully saturated rings. The van der Waals surface area contributed by atoms with Crippen molar-refractivity contribution in [2.24, 2.45) is 23.2 Å². The Morgan fingerprint density at radius 1 is 1.27 bits per heavy atom. The maximum atomic E-state index is 12.8. The lowest BCUT2D eigenvalue weighted by molar-refractivity contribution is -0.132. The number of hydrogen-bond acceptors (Lipinski definition) is 3. The van der Waals surface area contributed by atoms with Gasteiger partial charge in [0.2, 0.25) is 11.8 Å². The number of amides is 2. The molecule has 1 aromatic heterocycles. The third kappa shape index (κ3) is 3.79. The summed E-state index contributed by atoms with van der Waals surface area (Å²) in [7, 11) is 0. The Labute approximate surface area is 156 Å². The van der Waals surface area contributed by atoms with Gasteiger partial charge in [-0.2, -0.15) is 5.10 Å². The number of fused-ring (bicyclic) bond motifs is 1. The highest BCUT2D eigenvalue weighted by Crippen LogP contribution is 2.42. The van der Waals surface area contributed by atoms with Crippen LogP contribution in [-0.4, -0.2) is 58.0 Å². The zero-order valence-electron chi connectivity index (χ0n) is 16.5. The molecule has 3 heterocycles. The molecular weight excluding hydrogens is 328 g/mol. The molecule has 0 unspecified atom stereocenters. The lowest BCUT2D eigenvalue weighted by Gasteiger charge is -2.27. The first-order chi connectivity index (χ1) is 12.3. The molecule has 2 amide bonds. The number of likely N-dealkylation sites (tertiary alicyclic amines) is 2. The summed E-state index contributed by atoms with van der Waals surface area (Å²) in [5.74, 6) is 1.84. The second-order valence-electron chi connectivity index (χ2n) is 8.80. The summed E-state index contributed by atoms with van der Waals surface area (Å²) in [5.41, 5.74) is 0.953. The van der Waals surface area contributed by atoms with E-state index >= 15 is 0 Å². The van der Waals surface area contributed by atoms with Crippen molar-refractivity contribution in [1.82, 2.24) is 20.0 Å². The summed E-state index contributed by atoms with van der Waals surface area (Å²) in [4.78, 5) is 29.3. The predicted octanol–water partition coefficient (Wildman–Crippen LogP) is 2.33. The van der Waals surface area contributed by atoms with Gasteiger partial charge in [-0.25, -0.2) is 0 Å². The molecule has 0 aromatic carbocycles. The number of H-pyrrole nitrogens is 1. The topological polar surface area (TPSA) is 69.3 Å². The minimum Gasteiger partial charge on any atom is -0.342 e. The maximum absolute atomic E-state index is 12.8. The van der Waals surface area contributed by atoms with Gasteiger partial charge in [0, 0.05) is 50.1 Å². The summed E-state index contributed by atoms with van der Waals surface area (Å²) in [5, 5.41) is 6.66. The van der Waals surface area contributed by atoms with Crippen LogP contribution >= 0.6 is 0 Å². The van der Waals surface area contributed by atoms with Crippen molar-refractivity contribution in [3.8, 4) is 0 Å². The van der Waals surface area contributed by atoms with Crippen LogP contribution in [0.4, 0.5) is 0 Å². The molecule has 2 aliphatic heterocycles. The summed E-state index contributed by atoms with van der Waals surface area (Å²) in [6.07, 6.45) is 5.58. The van der Waals surface area contributed by atoms with Crippen LogP contribution in [0.1, 0.15) is 46.1 Å². The lowest BCUT2D eigenvalue weighted by atomic mass is 9.83. The number of carbonyl (C=O) groups is 2. The van der Waals surface area contributed by atoms with E-state index in [0.717, 1.165) is 38.2 Å². The second kappa shape index (κ2) is 7.41. The van der Waals surface area contributed by atoms with Crippen molar-refractivity contribution >= 4 is 11.8 Å². The Bertz CT molecular complexity index is 642. The third-order valence-electron chi connectivity index (χ3n) is 6.49. The summed E-state index contributed by atoms with van der Waals surface area (Å²) >= 11 is 0. The molecule has 6 nitrogen and oxygen atoms in total. The SMILES string of the molecule is CC[C@H](CC(=O)N1C[C@@H]2CN(C(=O)Cc3cn[nH]c3)C[C@]2(C)C1)C(C)C. The van der Waals surface area contributed by atoms with Gasteiger partial charge in [0.15, 0.2) is 0 Å². The fourth-order valence-corrected chi connectivity index (χ4v) is 4.59. The number of rotatable bonds is 6. The smallest absolute Gasteiger partial charge is 0.227 e. The fraction of sp³-hybridized carbons (Fsp3) is 0.750. The number of hydrogen-bond donors (Lipinski definition) is 1. The molecule has 2 saturated heterocycles. The van der Waals surface area contributed by atoms with Gasteiger partial charge < -0.3 is 9.80 Å². The minimum absolute atomic E-state index is 0.0290. The zero-order chi connectivity index (χ0) is 18.9. The van der Waals surface area contributed by atoms with Crippen molar-refractivity contribution < 1.29 is 9.59 Å². The highest BCUT2D eigenvalue weighted by molar-refractivity contribution is 5.79. The van der Waals surface area contributed by atoms with E-state index in [1.807, 2.05) is 9.80 Å². The molecule has 0 saturated carbocycles. The molecule has 0 radical (unpaired) electrons. The van der Waals surface area contributed by atoms with Gasteiger partial charge in [-0.15, -0.1) is 0 Å². The van der Waals surface area contributed by atoms with E-state index in [-0.39, 0.29) is 17.2 Å². The van der Waals surface area contributed by atoms with E-state index in [1.165, 1.54) is 0 Å². The highest BCUT2D eigenvalue weighted by atomic mass is 16.2. The van der Waals surface area contributed by atoms with Crippen LogP contribution in [0.5, 0.6) is 0 Å². The molecule has 26 heavy (non-hydrogen) atoms. The van der Waals surface area contributed by atoms with Gasteiger partial charge in [0.1, 0.15) is 0 Å². The molecule has 3 atom stereocenters. The van der Waals surface area contributed by atoms with Gasteiger partial charge in [-0.05, 0) is 17.4 Å². The van der Waals surface area contributed by atoms with E-state index in [9.17, 15) is 9.59 Å². The number of carbonyl (C=O) groups excluding carboxylic acids is 2. The molecule has 0 aliphatic carbocycles. The molecule has 6 heteroatoms. The third-order valence-corrected chi connectivity index (χ3v) is 6.49. The number of nitrogens with zero attached hydrogens (tertiary/aromatic N) is 3. The van der Waals surface area contributed by atoms with E-state index in [4.69, 9.17) is 0 Å². The molecule has 3 rings (SSSR count). The van der Waals surface area contributed by atoms with Crippen LogP contribution in [0.3, 0.4) is 0 Å². The molecule has 0 spiro atoms. The van der Waals surface area contributed by atoms with E-state index in [0.29, 0.717) is 30.6 Å². The number of nitrogens with one attached hydrogen (secondary N) is 1. The van der Waals surface area contributed by atoms with Gasteiger partial charge >= 0.3 is 0 Å². The van der Waals surface area contributed by atoms with Gasteiger partial charge in [-0.3, -0.25) is 14.7 Å². The van der Waals surface area contributed by atoms with Crippen LogP contribution in [0.2, 0.25) is 0 Å². The Hall–Kier alpha value is -1.85. The van der Waals surface area contributed by atoms with E-state index in [2.05, 4.69) is 37.9 Å². The molecular formula is C20H32N4O2. The van der Waals surface area contributed by atoms with Crippen LogP contribution < -0.4 is 0 Å². The molecule has 2 aliphatic rings. The van der Waals surface area contributed by atoms with Gasteiger partial charge in [0.25, 0.3) is 0 Å². The highest BCUT2D eigenvalue weighted by Gasteiger charge is 2.51. The average molecular weight is 361 g/mol.